The maximum Gasteiger partial charge on any atom is 0.269 e. The van der Waals surface area contributed by atoms with E-state index in [1.807, 2.05) is 6.08 Å². The van der Waals surface area contributed by atoms with Crippen LogP contribution in [-0.2, 0) is 20.9 Å². The lowest BCUT2D eigenvalue weighted by Gasteiger charge is -2.38. The number of rotatable bonds is 11. The van der Waals surface area contributed by atoms with Gasteiger partial charge in [0, 0.05) is 114 Å². The van der Waals surface area contributed by atoms with Gasteiger partial charge in [0.15, 0.2) is 17.5 Å². The smallest absolute Gasteiger partial charge is 0.269 e. The largest absolute Gasteiger partial charge is 0.495 e. The number of methoxy groups -OCH3 is 1. The third-order valence-electron chi connectivity index (χ3n) is 11.6. The van der Waals surface area contributed by atoms with E-state index in [0.29, 0.717) is 25.1 Å². The molecule has 0 unspecified atom stereocenters. The molecular formula is C44H45F4N9O5. The van der Waals surface area contributed by atoms with E-state index in [-0.39, 0.29) is 120 Å². The van der Waals surface area contributed by atoms with Crippen molar-refractivity contribution in [2.45, 2.75) is 38.3 Å². The number of benzene rings is 3. The maximum atomic E-state index is 16.6. The van der Waals surface area contributed by atoms with Gasteiger partial charge in [-0.25, -0.2) is 17.6 Å². The number of nitrogens with zero attached hydrogens (tertiary/aromatic N) is 6. The van der Waals surface area contributed by atoms with Crippen LogP contribution in [0.5, 0.6) is 5.75 Å². The van der Waals surface area contributed by atoms with Crippen LogP contribution in [0.1, 0.15) is 41.7 Å². The molecule has 2 fully saturated rings. The number of aromatic nitrogens is 3. The standard InChI is InChI=1S/C44H45F4N9O5/c1-53(2)44(61)33-21-29-28(20-27(40(47)42(29)51-33)25-6-4-13-56(24-25)38(59)11-15-57-14-5-12-49-57)26-7-9-34(41(48)39(26)46)54-16-18-55(19-17-54)35-23-36(62-3)32(22-30(35)45)50-31-8-10-37(58)52-43(31)60/h5-7,9,12,14,20-23,31,50-51H,4,8,10-11,13,15-19,24H2,1-3H3,(H,52,58,60)/t31-/m1/s1. The van der Waals surface area contributed by atoms with E-state index < -0.39 is 41.1 Å². The first-order chi connectivity index (χ1) is 29.8. The molecule has 5 aromatic rings. The Bertz CT molecular complexity index is 2600. The molecule has 0 aliphatic carbocycles. The van der Waals surface area contributed by atoms with Crippen LogP contribution in [0.15, 0.2) is 60.9 Å². The number of aromatic amines is 1. The average molecular weight is 856 g/mol. The quantitative estimate of drug-likeness (QED) is 0.115. The summed E-state index contributed by atoms with van der Waals surface area (Å²) in [5.41, 5.74) is 1.04. The van der Waals surface area contributed by atoms with Crippen molar-refractivity contribution >= 4 is 57.2 Å². The molecule has 0 radical (unpaired) electrons. The molecule has 1 atom stereocenters. The summed E-state index contributed by atoms with van der Waals surface area (Å²) in [5, 5.41) is 9.55. The Kier molecular flexibility index (Phi) is 11.7. The van der Waals surface area contributed by atoms with Crippen molar-refractivity contribution in [3.8, 4) is 16.9 Å². The summed E-state index contributed by atoms with van der Waals surface area (Å²) in [5.74, 6) is -4.77. The number of hydrogen-bond donors (Lipinski definition) is 3. The molecule has 8 rings (SSSR count). The highest BCUT2D eigenvalue weighted by Gasteiger charge is 2.31. The highest BCUT2D eigenvalue weighted by atomic mass is 19.2. The predicted molar refractivity (Wildman–Crippen MR) is 225 cm³/mol. The number of piperazine rings is 1. The molecule has 2 aromatic heterocycles. The maximum absolute atomic E-state index is 16.6. The molecular weight excluding hydrogens is 811 g/mol. The van der Waals surface area contributed by atoms with Gasteiger partial charge in [0.2, 0.25) is 17.7 Å². The summed E-state index contributed by atoms with van der Waals surface area (Å²) >= 11 is 0. The van der Waals surface area contributed by atoms with Crippen LogP contribution < -0.4 is 25.2 Å². The molecule has 0 spiro atoms. The second kappa shape index (κ2) is 17.3. The summed E-state index contributed by atoms with van der Waals surface area (Å²) in [6.45, 7) is 1.80. The van der Waals surface area contributed by atoms with Crippen molar-refractivity contribution in [3.05, 3.63) is 95.5 Å². The Morgan fingerprint density at radius 1 is 0.919 bits per heavy atom. The lowest BCUT2D eigenvalue weighted by Crippen LogP contribution is -2.47. The second-order valence-electron chi connectivity index (χ2n) is 15.7. The van der Waals surface area contributed by atoms with Gasteiger partial charge in [0.05, 0.1) is 29.7 Å². The number of H-pyrrole nitrogens is 1. The zero-order valence-corrected chi connectivity index (χ0v) is 34.4. The van der Waals surface area contributed by atoms with Gasteiger partial charge >= 0.3 is 0 Å². The fraction of sp³-hybridized carbons (Fsp3) is 0.341. The van der Waals surface area contributed by atoms with Gasteiger partial charge in [0.1, 0.15) is 23.3 Å². The normalized spacial score (nSPS) is 17.0. The molecule has 0 saturated carbocycles. The van der Waals surface area contributed by atoms with Crippen LogP contribution in [-0.4, -0.2) is 115 Å². The molecule has 18 heteroatoms. The summed E-state index contributed by atoms with van der Waals surface area (Å²) < 4.78 is 72.2. The minimum atomic E-state index is -1.17. The minimum Gasteiger partial charge on any atom is -0.495 e. The van der Waals surface area contributed by atoms with Crippen LogP contribution in [0.2, 0.25) is 0 Å². The Balaban J connectivity index is 1.04. The van der Waals surface area contributed by atoms with E-state index in [9.17, 15) is 19.2 Å². The average Bonchev–Trinajstić information content (AvgIpc) is 3.97. The van der Waals surface area contributed by atoms with Crippen LogP contribution in [0.3, 0.4) is 0 Å². The molecule has 324 valence electrons. The summed E-state index contributed by atoms with van der Waals surface area (Å²) in [6.07, 6.45) is 6.23. The summed E-state index contributed by atoms with van der Waals surface area (Å²) in [4.78, 5) is 59.4. The molecule has 3 aromatic carbocycles. The number of halogens is 4. The van der Waals surface area contributed by atoms with Crippen molar-refractivity contribution in [1.82, 2.24) is 29.9 Å². The Hall–Kier alpha value is -6.85. The van der Waals surface area contributed by atoms with E-state index in [1.165, 1.54) is 48.4 Å². The molecule has 4 amide bonds. The van der Waals surface area contributed by atoms with E-state index >= 15 is 17.6 Å². The fourth-order valence-electron chi connectivity index (χ4n) is 8.29. The van der Waals surface area contributed by atoms with Gasteiger partial charge < -0.3 is 34.6 Å². The number of anilines is 3. The first-order valence-electron chi connectivity index (χ1n) is 20.3. The van der Waals surface area contributed by atoms with Crippen LogP contribution >= 0.6 is 0 Å². The molecule has 3 aliphatic rings. The van der Waals surface area contributed by atoms with Crippen molar-refractivity contribution in [3.63, 3.8) is 0 Å². The first kappa shape index (κ1) is 41.9. The third kappa shape index (κ3) is 8.15. The van der Waals surface area contributed by atoms with Gasteiger partial charge in [-0.15, -0.1) is 0 Å². The second-order valence-corrected chi connectivity index (χ2v) is 15.7. The Morgan fingerprint density at radius 2 is 1.68 bits per heavy atom. The van der Waals surface area contributed by atoms with Gasteiger partial charge in [-0.05, 0) is 54.3 Å². The molecule has 0 bridgehead atoms. The van der Waals surface area contributed by atoms with E-state index in [1.54, 1.807) is 51.9 Å². The van der Waals surface area contributed by atoms with Crippen molar-refractivity contribution < 1.29 is 41.5 Å². The number of ether oxygens (including phenoxy) is 1. The summed E-state index contributed by atoms with van der Waals surface area (Å²) in [7, 11) is 4.50. The number of hydrogen-bond acceptors (Lipinski definition) is 9. The van der Waals surface area contributed by atoms with E-state index in [2.05, 4.69) is 20.7 Å². The van der Waals surface area contributed by atoms with E-state index in [0.717, 1.165) is 0 Å². The lowest BCUT2D eigenvalue weighted by atomic mass is 9.92. The SMILES string of the molecule is COc1cc(N2CCN(c3ccc(-c4cc(C5=CCCN(C(=O)CCn6cccn6)C5)c(F)c5[nH]c(C(=O)N(C)C)cc45)c(F)c3F)CC2)c(F)cc1N[C@@H]1CCC(=O)NC1=O. The zero-order valence-electron chi connectivity index (χ0n) is 34.4. The molecule has 2 saturated heterocycles. The molecule has 62 heavy (non-hydrogen) atoms. The number of fused-ring (bicyclic) bond motifs is 1. The Morgan fingerprint density at radius 3 is 2.37 bits per heavy atom. The lowest BCUT2D eigenvalue weighted by molar-refractivity contribution is -0.134. The first-order valence-corrected chi connectivity index (χ1v) is 20.3. The van der Waals surface area contributed by atoms with E-state index in [4.69, 9.17) is 4.74 Å². The van der Waals surface area contributed by atoms with Gasteiger partial charge in [-0.2, -0.15) is 5.10 Å². The summed E-state index contributed by atoms with van der Waals surface area (Å²) in [6, 6.07) is 9.51. The fourth-order valence-corrected chi connectivity index (χ4v) is 8.29. The number of amides is 4. The number of aryl methyl sites for hydroxylation is 1. The topological polar surface area (TPSA) is 148 Å². The van der Waals surface area contributed by atoms with Crippen LogP contribution in [0.4, 0.5) is 34.6 Å². The monoisotopic (exact) mass is 855 g/mol. The Labute approximate surface area is 354 Å². The number of piperidine rings is 1. The van der Waals surface area contributed by atoms with Crippen LogP contribution in [0.25, 0.3) is 27.6 Å². The number of nitrogens with one attached hydrogen (secondary N) is 3. The minimum absolute atomic E-state index is 0.0110. The predicted octanol–water partition coefficient (Wildman–Crippen LogP) is 5.55. The van der Waals surface area contributed by atoms with Gasteiger partial charge in [-0.1, -0.05) is 6.08 Å². The van der Waals surface area contributed by atoms with Crippen molar-refractivity contribution in [1.29, 1.82) is 0 Å². The molecule has 14 nitrogen and oxygen atoms in total. The number of carbonyl (C=O) groups is 4. The van der Waals surface area contributed by atoms with Gasteiger partial charge in [-0.3, -0.25) is 29.2 Å². The third-order valence-corrected chi connectivity index (χ3v) is 11.6. The highest BCUT2D eigenvalue weighted by Crippen LogP contribution is 2.40. The van der Waals surface area contributed by atoms with Crippen molar-refractivity contribution in [2.75, 3.05) is 75.6 Å². The molecule has 3 N–H and O–H groups in total. The number of imide groups is 1. The zero-order chi connectivity index (χ0) is 43.8. The van der Waals surface area contributed by atoms with Crippen LogP contribution in [0, 0.1) is 23.3 Å². The highest BCUT2D eigenvalue weighted by molar-refractivity contribution is 6.05. The molecule has 5 heterocycles. The van der Waals surface area contributed by atoms with Gasteiger partial charge in [0.25, 0.3) is 5.91 Å². The molecule has 3 aliphatic heterocycles. The van der Waals surface area contributed by atoms with Crippen molar-refractivity contribution in [2.24, 2.45) is 0 Å². The number of carbonyl (C=O) groups excluding carboxylic acids is 4.